The SMILES string of the molecule is Cc1cc(O)c(O)c(Br)c1C(C)(C)CC(=O)O. The number of carboxylic acid groups (broad SMARTS) is 1. The number of carboxylic acids is 1. The van der Waals surface area contributed by atoms with E-state index in [1.54, 1.807) is 20.8 Å². The van der Waals surface area contributed by atoms with Crippen molar-refractivity contribution < 1.29 is 20.1 Å². The minimum Gasteiger partial charge on any atom is -0.504 e. The maximum absolute atomic E-state index is 10.8. The van der Waals surface area contributed by atoms with E-state index in [0.717, 1.165) is 5.56 Å². The molecule has 0 saturated heterocycles. The summed E-state index contributed by atoms with van der Waals surface area (Å²) in [6.45, 7) is 5.33. The second-order valence-electron chi connectivity index (χ2n) is 4.70. The minimum atomic E-state index is -0.908. The largest absolute Gasteiger partial charge is 0.504 e. The Kier molecular flexibility index (Phi) is 3.71. The van der Waals surface area contributed by atoms with Gasteiger partial charge < -0.3 is 15.3 Å². The number of aryl methyl sites for hydroxylation is 1. The molecule has 1 aromatic rings. The van der Waals surface area contributed by atoms with Crippen LogP contribution in [0.5, 0.6) is 11.5 Å². The van der Waals surface area contributed by atoms with Crippen LogP contribution < -0.4 is 0 Å². The highest BCUT2D eigenvalue weighted by Crippen LogP contribution is 2.44. The maximum Gasteiger partial charge on any atom is 0.304 e. The molecule has 1 aromatic carbocycles. The summed E-state index contributed by atoms with van der Waals surface area (Å²) in [7, 11) is 0. The van der Waals surface area contributed by atoms with Crippen LogP contribution in [0, 0.1) is 6.92 Å². The topological polar surface area (TPSA) is 77.8 Å². The van der Waals surface area contributed by atoms with E-state index in [-0.39, 0.29) is 17.9 Å². The van der Waals surface area contributed by atoms with Crippen LogP contribution in [0.25, 0.3) is 0 Å². The lowest BCUT2D eigenvalue weighted by molar-refractivity contribution is -0.138. The highest BCUT2D eigenvalue weighted by Gasteiger charge is 2.30. The molecule has 1 rings (SSSR count). The second kappa shape index (κ2) is 4.56. The van der Waals surface area contributed by atoms with Crippen LogP contribution in [-0.4, -0.2) is 21.3 Å². The van der Waals surface area contributed by atoms with Gasteiger partial charge in [0, 0.05) is 5.41 Å². The quantitative estimate of drug-likeness (QED) is 0.750. The summed E-state index contributed by atoms with van der Waals surface area (Å²) in [4.78, 5) is 10.8. The van der Waals surface area contributed by atoms with Gasteiger partial charge in [0.2, 0.25) is 0 Å². The molecule has 94 valence electrons. The third-order valence-corrected chi connectivity index (χ3v) is 3.46. The fourth-order valence-corrected chi connectivity index (χ4v) is 3.10. The number of phenols is 2. The predicted octanol–water partition coefficient (Wildman–Crippen LogP) is 2.92. The number of benzene rings is 1. The minimum absolute atomic E-state index is 0.0589. The average molecular weight is 303 g/mol. The summed E-state index contributed by atoms with van der Waals surface area (Å²) in [6.07, 6.45) is -0.0589. The fourth-order valence-electron chi connectivity index (χ4n) is 2.05. The van der Waals surface area contributed by atoms with E-state index in [9.17, 15) is 15.0 Å². The standard InChI is InChI=1S/C12H15BrO4/c1-6-4-7(14)11(17)10(13)9(6)12(2,3)5-8(15)16/h4,14,17H,5H2,1-3H3,(H,15,16). The lowest BCUT2D eigenvalue weighted by Gasteiger charge is -2.27. The van der Waals surface area contributed by atoms with Crippen molar-refractivity contribution in [2.24, 2.45) is 0 Å². The number of phenolic OH excluding ortho intramolecular Hbond substituents is 2. The van der Waals surface area contributed by atoms with Crippen molar-refractivity contribution in [2.75, 3.05) is 0 Å². The number of rotatable bonds is 3. The van der Waals surface area contributed by atoms with E-state index in [2.05, 4.69) is 15.9 Å². The Labute approximate surface area is 108 Å². The van der Waals surface area contributed by atoms with Crippen LogP contribution in [-0.2, 0) is 10.2 Å². The van der Waals surface area contributed by atoms with E-state index in [0.29, 0.717) is 10.0 Å². The summed E-state index contributed by atoms with van der Waals surface area (Å²) in [5.41, 5.74) is 0.786. The van der Waals surface area contributed by atoms with Gasteiger partial charge in [0.25, 0.3) is 0 Å². The Morgan fingerprint density at radius 1 is 1.41 bits per heavy atom. The molecule has 17 heavy (non-hydrogen) atoms. The van der Waals surface area contributed by atoms with Gasteiger partial charge in [-0.15, -0.1) is 0 Å². The first-order chi connectivity index (χ1) is 7.66. The van der Waals surface area contributed by atoms with Crippen LogP contribution in [0.3, 0.4) is 0 Å². The van der Waals surface area contributed by atoms with Crippen LogP contribution in [0.4, 0.5) is 0 Å². The van der Waals surface area contributed by atoms with E-state index >= 15 is 0 Å². The third kappa shape index (κ3) is 2.72. The van der Waals surface area contributed by atoms with Gasteiger partial charge >= 0.3 is 5.97 Å². The van der Waals surface area contributed by atoms with Gasteiger partial charge in [0.1, 0.15) is 0 Å². The molecule has 0 aliphatic heterocycles. The van der Waals surface area contributed by atoms with Crippen molar-refractivity contribution in [3.8, 4) is 11.5 Å². The molecule has 0 radical (unpaired) electrons. The first-order valence-corrected chi connectivity index (χ1v) is 5.89. The zero-order valence-corrected chi connectivity index (χ0v) is 11.5. The maximum atomic E-state index is 10.8. The molecule has 0 fully saturated rings. The van der Waals surface area contributed by atoms with Crippen molar-refractivity contribution in [3.63, 3.8) is 0 Å². The molecular formula is C12H15BrO4. The van der Waals surface area contributed by atoms with Gasteiger partial charge in [-0.3, -0.25) is 4.79 Å². The normalized spacial score (nSPS) is 11.5. The Morgan fingerprint density at radius 3 is 2.41 bits per heavy atom. The van der Waals surface area contributed by atoms with Crippen molar-refractivity contribution in [1.82, 2.24) is 0 Å². The van der Waals surface area contributed by atoms with Crippen molar-refractivity contribution in [1.29, 1.82) is 0 Å². The first-order valence-electron chi connectivity index (χ1n) is 5.10. The zero-order valence-electron chi connectivity index (χ0n) is 9.91. The molecule has 0 bridgehead atoms. The molecule has 0 amide bonds. The Hall–Kier alpha value is -1.23. The zero-order chi connectivity index (χ0) is 13.4. The van der Waals surface area contributed by atoms with Gasteiger partial charge in [-0.2, -0.15) is 0 Å². The molecule has 0 aromatic heterocycles. The Balaban J connectivity index is 3.40. The number of hydrogen-bond donors (Lipinski definition) is 3. The Morgan fingerprint density at radius 2 is 1.94 bits per heavy atom. The number of hydrogen-bond acceptors (Lipinski definition) is 3. The summed E-state index contributed by atoms with van der Waals surface area (Å²) in [5.74, 6) is -1.39. The number of carbonyl (C=O) groups is 1. The van der Waals surface area contributed by atoms with E-state index in [4.69, 9.17) is 5.11 Å². The molecule has 0 atom stereocenters. The summed E-state index contributed by atoms with van der Waals surface area (Å²) in [6, 6.07) is 1.43. The summed E-state index contributed by atoms with van der Waals surface area (Å²) < 4.78 is 0.348. The van der Waals surface area contributed by atoms with Crippen LogP contribution in [0.2, 0.25) is 0 Å². The lowest BCUT2D eigenvalue weighted by atomic mass is 9.79. The summed E-state index contributed by atoms with van der Waals surface area (Å²) >= 11 is 3.20. The van der Waals surface area contributed by atoms with Gasteiger partial charge in [0.05, 0.1) is 10.9 Å². The van der Waals surface area contributed by atoms with Gasteiger partial charge in [-0.25, -0.2) is 0 Å². The van der Waals surface area contributed by atoms with Gasteiger partial charge in [-0.05, 0) is 40.0 Å². The van der Waals surface area contributed by atoms with Crippen molar-refractivity contribution in [2.45, 2.75) is 32.6 Å². The molecule has 0 spiro atoms. The van der Waals surface area contributed by atoms with Gasteiger partial charge in [-0.1, -0.05) is 13.8 Å². The van der Waals surface area contributed by atoms with Gasteiger partial charge in [0.15, 0.2) is 11.5 Å². The van der Waals surface area contributed by atoms with Crippen LogP contribution >= 0.6 is 15.9 Å². The van der Waals surface area contributed by atoms with Crippen molar-refractivity contribution in [3.05, 3.63) is 21.7 Å². The molecule has 0 aliphatic rings. The molecule has 4 nitrogen and oxygen atoms in total. The van der Waals surface area contributed by atoms with Crippen LogP contribution in [0.1, 0.15) is 31.4 Å². The second-order valence-corrected chi connectivity index (χ2v) is 5.50. The highest BCUT2D eigenvalue weighted by molar-refractivity contribution is 9.10. The molecule has 3 N–H and O–H groups in total. The fraction of sp³-hybridized carbons (Fsp3) is 0.417. The third-order valence-electron chi connectivity index (χ3n) is 2.69. The molecule has 0 heterocycles. The molecule has 0 unspecified atom stereocenters. The van der Waals surface area contributed by atoms with Crippen molar-refractivity contribution >= 4 is 21.9 Å². The molecule has 0 aliphatic carbocycles. The monoisotopic (exact) mass is 302 g/mol. The molecular weight excluding hydrogens is 288 g/mol. The summed E-state index contributed by atoms with van der Waals surface area (Å²) in [5, 5.41) is 28.0. The van der Waals surface area contributed by atoms with E-state index < -0.39 is 11.4 Å². The average Bonchev–Trinajstić information content (AvgIpc) is 2.11. The van der Waals surface area contributed by atoms with E-state index in [1.165, 1.54) is 6.07 Å². The molecule has 0 saturated carbocycles. The highest BCUT2D eigenvalue weighted by atomic mass is 79.9. The van der Waals surface area contributed by atoms with E-state index in [1.807, 2.05) is 0 Å². The number of halogens is 1. The Bertz CT molecular complexity index is 466. The smallest absolute Gasteiger partial charge is 0.304 e. The van der Waals surface area contributed by atoms with Crippen LogP contribution in [0.15, 0.2) is 10.5 Å². The number of aromatic hydroxyl groups is 2. The molecule has 5 heteroatoms. The number of aliphatic carboxylic acids is 1. The lowest BCUT2D eigenvalue weighted by Crippen LogP contribution is -2.23. The predicted molar refractivity (Wildman–Crippen MR) is 67.5 cm³/mol. The first kappa shape index (κ1) is 13.8.